The second-order valence-electron chi connectivity index (χ2n) is 4.60. The zero-order chi connectivity index (χ0) is 13.0. The zero-order valence-electron chi connectivity index (χ0n) is 10.8. The summed E-state index contributed by atoms with van der Waals surface area (Å²) in [5.41, 5.74) is 4.73. The summed E-state index contributed by atoms with van der Waals surface area (Å²) in [6.45, 7) is 5.65. The molecule has 0 aliphatic heterocycles. The lowest BCUT2D eigenvalue weighted by atomic mass is 10.1. The van der Waals surface area contributed by atoms with Crippen LogP contribution >= 0.6 is 0 Å². The maximum Gasteiger partial charge on any atom is 0.123 e. The maximum atomic E-state index is 13.0. The highest BCUT2D eigenvalue weighted by molar-refractivity contribution is 5.27. The molecular weight excluding hydrogens is 225 g/mol. The van der Waals surface area contributed by atoms with Gasteiger partial charge in [-0.05, 0) is 48.2 Å². The van der Waals surface area contributed by atoms with Crippen LogP contribution in [-0.2, 0) is 13.1 Å². The average Bonchev–Trinajstić information content (AvgIpc) is 2.34. The van der Waals surface area contributed by atoms with Crippen LogP contribution in [0.15, 0.2) is 42.5 Å². The van der Waals surface area contributed by atoms with Crippen LogP contribution in [0.1, 0.15) is 22.3 Å². The van der Waals surface area contributed by atoms with Crippen LogP contribution in [0.4, 0.5) is 4.39 Å². The first-order chi connectivity index (χ1) is 8.66. The van der Waals surface area contributed by atoms with Crippen molar-refractivity contribution >= 4 is 0 Å². The van der Waals surface area contributed by atoms with Crippen LogP contribution in [0.25, 0.3) is 0 Å². The fraction of sp³-hybridized carbons (Fsp3) is 0.250. The van der Waals surface area contributed by atoms with Crippen molar-refractivity contribution in [1.82, 2.24) is 5.32 Å². The predicted molar refractivity (Wildman–Crippen MR) is 72.9 cm³/mol. The van der Waals surface area contributed by atoms with Crippen molar-refractivity contribution in [2.75, 3.05) is 0 Å². The molecule has 0 saturated heterocycles. The molecule has 2 aromatic rings. The Labute approximate surface area is 108 Å². The molecule has 18 heavy (non-hydrogen) atoms. The van der Waals surface area contributed by atoms with Gasteiger partial charge < -0.3 is 5.32 Å². The van der Waals surface area contributed by atoms with Crippen LogP contribution in [0.5, 0.6) is 0 Å². The van der Waals surface area contributed by atoms with Crippen molar-refractivity contribution in [2.24, 2.45) is 0 Å². The van der Waals surface area contributed by atoms with E-state index in [4.69, 9.17) is 0 Å². The predicted octanol–water partition coefficient (Wildman–Crippen LogP) is 3.73. The van der Waals surface area contributed by atoms with Crippen molar-refractivity contribution in [3.63, 3.8) is 0 Å². The third-order valence-corrected chi connectivity index (χ3v) is 3.20. The van der Waals surface area contributed by atoms with E-state index >= 15 is 0 Å². The molecule has 0 bridgehead atoms. The second-order valence-corrected chi connectivity index (χ2v) is 4.60. The van der Waals surface area contributed by atoms with Gasteiger partial charge in [0.05, 0.1) is 0 Å². The Morgan fingerprint density at radius 1 is 0.889 bits per heavy atom. The molecule has 0 atom stereocenters. The van der Waals surface area contributed by atoms with Gasteiger partial charge in [-0.1, -0.05) is 30.3 Å². The topological polar surface area (TPSA) is 12.0 Å². The number of rotatable bonds is 4. The summed E-state index contributed by atoms with van der Waals surface area (Å²) < 4.78 is 13.0. The van der Waals surface area contributed by atoms with E-state index in [2.05, 4.69) is 24.4 Å². The molecule has 1 N–H and O–H groups in total. The molecule has 0 unspecified atom stereocenters. The molecule has 0 aliphatic rings. The number of nitrogens with one attached hydrogen (secondary N) is 1. The van der Waals surface area contributed by atoms with Gasteiger partial charge >= 0.3 is 0 Å². The lowest BCUT2D eigenvalue weighted by molar-refractivity contribution is 0.623. The summed E-state index contributed by atoms with van der Waals surface area (Å²) in [6.07, 6.45) is 0. The Balaban J connectivity index is 1.95. The first kappa shape index (κ1) is 12.8. The molecule has 0 saturated carbocycles. The molecule has 2 heteroatoms. The quantitative estimate of drug-likeness (QED) is 0.862. The van der Waals surface area contributed by atoms with Crippen molar-refractivity contribution in [3.8, 4) is 0 Å². The largest absolute Gasteiger partial charge is 0.309 e. The Kier molecular flexibility index (Phi) is 4.11. The summed E-state index contributed by atoms with van der Waals surface area (Å²) in [7, 11) is 0. The van der Waals surface area contributed by atoms with Gasteiger partial charge in [-0.3, -0.25) is 0 Å². The van der Waals surface area contributed by atoms with E-state index in [9.17, 15) is 4.39 Å². The van der Waals surface area contributed by atoms with E-state index in [1.807, 2.05) is 25.1 Å². The first-order valence-corrected chi connectivity index (χ1v) is 6.17. The standard InChI is InChI=1S/C16H18FN/c1-12-5-3-4-6-14(12)10-18-11-15-7-8-16(17)9-13(15)2/h3-9,18H,10-11H2,1-2H3. The van der Waals surface area contributed by atoms with E-state index in [0.29, 0.717) is 0 Å². The van der Waals surface area contributed by atoms with Crippen molar-refractivity contribution in [3.05, 3.63) is 70.5 Å². The normalized spacial score (nSPS) is 10.6. The van der Waals surface area contributed by atoms with Crippen LogP contribution < -0.4 is 5.32 Å². The summed E-state index contributed by atoms with van der Waals surface area (Å²) in [6, 6.07) is 13.3. The lowest BCUT2D eigenvalue weighted by Gasteiger charge is -2.09. The van der Waals surface area contributed by atoms with Crippen molar-refractivity contribution in [1.29, 1.82) is 0 Å². The fourth-order valence-corrected chi connectivity index (χ4v) is 2.00. The number of halogens is 1. The summed E-state index contributed by atoms with van der Waals surface area (Å²) in [4.78, 5) is 0. The van der Waals surface area contributed by atoms with Gasteiger partial charge in [0.2, 0.25) is 0 Å². The molecule has 0 spiro atoms. The highest BCUT2D eigenvalue weighted by Gasteiger charge is 2.01. The van der Waals surface area contributed by atoms with E-state index in [-0.39, 0.29) is 5.82 Å². The highest BCUT2D eigenvalue weighted by atomic mass is 19.1. The maximum absolute atomic E-state index is 13.0. The second kappa shape index (κ2) is 5.78. The van der Waals surface area contributed by atoms with Crippen LogP contribution in [-0.4, -0.2) is 0 Å². The fourth-order valence-electron chi connectivity index (χ4n) is 2.00. The van der Waals surface area contributed by atoms with Crippen molar-refractivity contribution in [2.45, 2.75) is 26.9 Å². The Hall–Kier alpha value is -1.67. The smallest absolute Gasteiger partial charge is 0.123 e. The molecule has 0 heterocycles. The third kappa shape index (κ3) is 3.17. The summed E-state index contributed by atoms with van der Waals surface area (Å²) >= 11 is 0. The number of hydrogen-bond donors (Lipinski definition) is 1. The van der Waals surface area contributed by atoms with Gasteiger partial charge in [-0.25, -0.2) is 4.39 Å². The van der Waals surface area contributed by atoms with Crippen LogP contribution in [0.2, 0.25) is 0 Å². The average molecular weight is 243 g/mol. The molecule has 1 nitrogen and oxygen atoms in total. The number of hydrogen-bond acceptors (Lipinski definition) is 1. The molecular formula is C16H18FN. The number of benzene rings is 2. The molecule has 94 valence electrons. The lowest BCUT2D eigenvalue weighted by Crippen LogP contribution is -2.14. The number of aryl methyl sites for hydroxylation is 2. The monoisotopic (exact) mass is 243 g/mol. The Bertz CT molecular complexity index is 534. The zero-order valence-corrected chi connectivity index (χ0v) is 10.8. The van der Waals surface area contributed by atoms with Gasteiger partial charge in [0, 0.05) is 13.1 Å². The summed E-state index contributed by atoms with van der Waals surface area (Å²) in [5.74, 6) is -0.171. The van der Waals surface area contributed by atoms with Gasteiger partial charge in [0.25, 0.3) is 0 Å². The van der Waals surface area contributed by atoms with Crippen molar-refractivity contribution < 1.29 is 4.39 Å². The third-order valence-electron chi connectivity index (χ3n) is 3.20. The SMILES string of the molecule is Cc1ccccc1CNCc1ccc(F)cc1C. The first-order valence-electron chi connectivity index (χ1n) is 6.17. The molecule has 2 aromatic carbocycles. The van der Waals surface area contributed by atoms with Gasteiger partial charge in [0.1, 0.15) is 5.82 Å². The molecule has 0 radical (unpaired) electrons. The van der Waals surface area contributed by atoms with Gasteiger partial charge in [-0.15, -0.1) is 0 Å². The van der Waals surface area contributed by atoms with Gasteiger partial charge in [0.15, 0.2) is 0 Å². The Morgan fingerprint density at radius 2 is 1.56 bits per heavy atom. The van der Waals surface area contributed by atoms with Crippen LogP contribution in [0, 0.1) is 19.7 Å². The molecule has 0 amide bonds. The molecule has 0 fully saturated rings. The van der Waals surface area contributed by atoms with E-state index in [1.165, 1.54) is 17.2 Å². The van der Waals surface area contributed by atoms with Crippen LogP contribution in [0.3, 0.4) is 0 Å². The highest BCUT2D eigenvalue weighted by Crippen LogP contribution is 2.11. The van der Waals surface area contributed by atoms with E-state index < -0.39 is 0 Å². The minimum absolute atomic E-state index is 0.171. The van der Waals surface area contributed by atoms with Gasteiger partial charge in [-0.2, -0.15) is 0 Å². The minimum Gasteiger partial charge on any atom is -0.309 e. The molecule has 0 aromatic heterocycles. The Morgan fingerprint density at radius 3 is 2.22 bits per heavy atom. The molecule has 0 aliphatic carbocycles. The van der Waals surface area contributed by atoms with E-state index in [0.717, 1.165) is 24.2 Å². The molecule has 2 rings (SSSR count). The summed E-state index contributed by atoms with van der Waals surface area (Å²) in [5, 5.41) is 3.40. The van der Waals surface area contributed by atoms with E-state index in [1.54, 1.807) is 6.07 Å². The minimum atomic E-state index is -0.171.